The van der Waals surface area contributed by atoms with Crippen molar-refractivity contribution >= 4 is 0 Å². The van der Waals surface area contributed by atoms with Crippen LogP contribution in [-0.4, -0.2) is 26.7 Å². The largest absolute Gasteiger partial charge is 0.491 e. The Morgan fingerprint density at radius 3 is 2.74 bits per heavy atom. The maximum absolute atomic E-state index is 9.27. The fraction of sp³-hybridized carbons (Fsp3) is 0.429. The first-order chi connectivity index (χ1) is 9.31. The van der Waals surface area contributed by atoms with E-state index >= 15 is 0 Å². The van der Waals surface area contributed by atoms with E-state index in [1.165, 1.54) is 0 Å². The van der Waals surface area contributed by atoms with Crippen molar-refractivity contribution in [3.8, 4) is 11.4 Å². The maximum atomic E-state index is 9.27. The number of hydrogen-bond acceptors (Lipinski definition) is 4. The van der Waals surface area contributed by atoms with Crippen LogP contribution in [0.5, 0.6) is 5.75 Å². The number of benzene rings is 1. The molecule has 0 saturated heterocycles. The predicted molar refractivity (Wildman–Crippen MR) is 72.4 cm³/mol. The summed E-state index contributed by atoms with van der Waals surface area (Å²) in [5, 5.41) is 17.4. The lowest BCUT2D eigenvalue weighted by atomic mass is 10.2. The van der Waals surface area contributed by atoms with E-state index in [2.05, 4.69) is 17.2 Å². The van der Waals surface area contributed by atoms with Crippen molar-refractivity contribution in [1.82, 2.24) is 15.0 Å². The van der Waals surface area contributed by atoms with Gasteiger partial charge in [0.05, 0.1) is 18.9 Å². The molecule has 0 aliphatic rings. The third-order valence-electron chi connectivity index (χ3n) is 2.88. The first-order valence-electron chi connectivity index (χ1n) is 6.58. The fourth-order valence-electron chi connectivity index (χ4n) is 1.97. The van der Waals surface area contributed by atoms with Crippen LogP contribution in [0.2, 0.25) is 0 Å². The Morgan fingerprint density at radius 2 is 2.05 bits per heavy atom. The summed E-state index contributed by atoms with van der Waals surface area (Å²) in [4.78, 5) is 0. The predicted octanol–water partition coefficient (Wildman–Crippen LogP) is 2.11. The number of aromatic nitrogens is 3. The van der Waals surface area contributed by atoms with E-state index in [1.54, 1.807) is 4.68 Å². The maximum Gasteiger partial charge on any atom is 0.145 e. The Labute approximate surface area is 112 Å². The topological polar surface area (TPSA) is 60.2 Å². The van der Waals surface area contributed by atoms with Crippen molar-refractivity contribution in [2.45, 2.75) is 33.3 Å². The molecule has 19 heavy (non-hydrogen) atoms. The normalized spacial score (nSPS) is 10.7. The second kappa shape index (κ2) is 6.33. The molecule has 0 amide bonds. The number of aliphatic hydroxyl groups excluding tert-OH is 1. The molecule has 2 rings (SSSR count). The second-order valence-corrected chi connectivity index (χ2v) is 4.22. The highest BCUT2D eigenvalue weighted by molar-refractivity contribution is 5.47. The number of nitrogens with zero attached hydrogens (tertiary/aromatic N) is 3. The smallest absolute Gasteiger partial charge is 0.145 e. The van der Waals surface area contributed by atoms with Crippen molar-refractivity contribution in [2.24, 2.45) is 0 Å². The molecule has 1 aromatic carbocycles. The van der Waals surface area contributed by atoms with Gasteiger partial charge in [0.15, 0.2) is 0 Å². The molecule has 5 nitrogen and oxygen atoms in total. The lowest BCUT2D eigenvalue weighted by Crippen LogP contribution is -2.06. The Balaban J connectivity index is 2.43. The van der Waals surface area contributed by atoms with Crippen LogP contribution in [0.15, 0.2) is 24.3 Å². The van der Waals surface area contributed by atoms with Gasteiger partial charge in [0.1, 0.15) is 17.1 Å². The van der Waals surface area contributed by atoms with E-state index in [9.17, 15) is 5.11 Å². The highest BCUT2D eigenvalue weighted by atomic mass is 16.5. The average molecular weight is 261 g/mol. The molecule has 0 fully saturated rings. The lowest BCUT2D eigenvalue weighted by molar-refractivity contribution is 0.275. The molecular formula is C14H19N3O2. The molecule has 0 atom stereocenters. The van der Waals surface area contributed by atoms with E-state index in [0.717, 1.165) is 30.0 Å². The second-order valence-electron chi connectivity index (χ2n) is 4.22. The molecule has 1 N–H and O–H groups in total. The van der Waals surface area contributed by atoms with Gasteiger partial charge in [0, 0.05) is 0 Å². The van der Waals surface area contributed by atoms with Gasteiger partial charge in [0.25, 0.3) is 0 Å². The zero-order valence-electron chi connectivity index (χ0n) is 11.3. The van der Waals surface area contributed by atoms with Crippen LogP contribution in [0.3, 0.4) is 0 Å². The summed E-state index contributed by atoms with van der Waals surface area (Å²) < 4.78 is 7.48. The summed E-state index contributed by atoms with van der Waals surface area (Å²) in [6, 6.07) is 7.74. The number of ether oxygens (including phenoxy) is 1. The van der Waals surface area contributed by atoms with Gasteiger partial charge in [-0.25, -0.2) is 4.68 Å². The number of rotatable bonds is 6. The van der Waals surface area contributed by atoms with Gasteiger partial charge >= 0.3 is 0 Å². The van der Waals surface area contributed by atoms with Crippen molar-refractivity contribution in [3.63, 3.8) is 0 Å². The van der Waals surface area contributed by atoms with Crippen molar-refractivity contribution < 1.29 is 9.84 Å². The summed E-state index contributed by atoms with van der Waals surface area (Å²) in [5.41, 5.74) is 2.39. The highest BCUT2D eigenvalue weighted by Crippen LogP contribution is 2.24. The summed E-state index contributed by atoms with van der Waals surface area (Å²) >= 11 is 0. The SMILES string of the molecule is CCCOc1ccccc1-n1nnc(CO)c1CC. The van der Waals surface area contributed by atoms with E-state index in [1.807, 2.05) is 31.2 Å². The van der Waals surface area contributed by atoms with Crippen LogP contribution in [0.1, 0.15) is 31.7 Å². The summed E-state index contributed by atoms with van der Waals surface area (Å²) in [7, 11) is 0. The molecule has 1 heterocycles. The molecule has 2 aromatic rings. The highest BCUT2D eigenvalue weighted by Gasteiger charge is 2.14. The molecule has 0 saturated carbocycles. The van der Waals surface area contributed by atoms with Crippen molar-refractivity contribution in [2.75, 3.05) is 6.61 Å². The van der Waals surface area contributed by atoms with Crippen LogP contribution in [0, 0.1) is 0 Å². The molecule has 1 aromatic heterocycles. The van der Waals surface area contributed by atoms with Gasteiger partial charge in [-0.2, -0.15) is 0 Å². The summed E-state index contributed by atoms with van der Waals surface area (Å²) in [6.45, 7) is 4.66. The number of para-hydroxylation sites is 2. The Hall–Kier alpha value is -1.88. The molecule has 0 unspecified atom stereocenters. The molecule has 0 radical (unpaired) electrons. The third-order valence-corrected chi connectivity index (χ3v) is 2.88. The first kappa shape index (κ1) is 13.5. The van der Waals surface area contributed by atoms with E-state index in [-0.39, 0.29) is 6.61 Å². The van der Waals surface area contributed by atoms with Gasteiger partial charge in [-0.05, 0) is 25.0 Å². The minimum atomic E-state index is -0.0961. The van der Waals surface area contributed by atoms with Crippen LogP contribution >= 0.6 is 0 Å². The van der Waals surface area contributed by atoms with Gasteiger partial charge in [-0.1, -0.05) is 31.2 Å². The van der Waals surface area contributed by atoms with Gasteiger partial charge in [-0.3, -0.25) is 0 Å². The molecular weight excluding hydrogens is 242 g/mol. The minimum absolute atomic E-state index is 0.0961. The van der Waals surface area contributed by atoms with E-state index in [0.29, 0.717) is 12.3 Å². The Kier molecular flexibility index (Phi) is 4.52. The minimum Gasteiger partial charge on any atom is -0.491 e. The molecule has 0 aliphatic carbocycles. The lowest BCUT2D eigenvalue weighted by Gasteiger charge is -2.12. The fourth-order valence-corrected chi connectivity index (χ4v) is 1.97. The molecule has 0 spiro atoms. The third kappa shape index (κ3) is 2.76. The monoisotopic (exact) mass is 261 g/mol. The van der Waals surface area contributed by atoms with Crippen molar-refractivity contribution in [1.29, 1.82) is 0 Å². The zero-order chi connectivity index (χ0) is 13.7. The van der Waals surface area contributed by atoms with Gasteiger partial charge < -0.3 is 9.84 Å². The summed E-state index contributed by atoms with van der Waals surface area (Å²) in [6.07, 6.45) is 1.71. The van der Waals surface area contributed by atoms with Crippen LogP contribution in [0.4, 0.5) is 0 Å². The average Bonchev–Trinajstić information content (AvgIpc) is 2.88. The molecule has 5 heteroatoms. The van der Waals surface area contributed by atoms with Crippen LogP contribution in [0.25, 0.3) is 5.69 Å². The first-order valence-corrected chi connectivity index (χ1v) is 6.58. The molecule has 102 valence electrons. The Morgan fingerprint density at radius 1 is 1.26 bits per heavy atom. The molecule has 0 bridgehead atoms. The Bertz CT molecular complexity index is 537. The van der Waals surface area contributed by atoms with Gasteiger partial charge in [-0.15, -0.1) is 5.10 Å². The van der Waals surface area contributed by atoms with E-state index in [4.69, 9.17) is 4.74 Å². The number of aliphatic hydroxyl groups is 1. The quantitative estimate of drug-likeness (QED) is 0.865. The van der Waals surface area contributed by atoms with E-state index < -0.39 is 0 Å². The summed E-state index contributed by atoms with van der Waals surface area (Å²) in [5.74, 6) is 0.786. The van der Waals surface area contributed by atoms with Crippen molar-refractivity contribution in [3.05, 3.63) is 35.7 Å². The zero-order valence-corrected chi connectivity index (χ0v) is 11.3. The van der Waals surface area contributed by atoms with Gasteiger partial charge in [0.2, 0.25) is 0 Å². The van der Waals surface area contributed by atoms with Crippen LogP contribution in [-0.2, 0) is 13.0 Å². The molecule has 0 aliphatic heterocycles. The standard InChI is InChI=1S/C14H19N3O2/c1-3-9-19-14-8-6-5-7-13(14)17-12(4-2)11(10-18)15-16-17/h5-8,18H,3-4,9-10H2,1-2H3. The number of hydrogen-bond donors (Lipinski definition) is 1. The van der Waals surface area contributed by atoms with Crippen LogP contribution < -0.4 is 4.74 Å².